The van der Waals surface area contributed by atoms with E-state index < -0.39 is 28.7 Å². The Hall–Kier alpha value is -2.50. The summed E-state index contributed by atoms with van der Waals surface area (Å²) in [5.74, 6) is -2.99. The zero-order chi connectivity index (χ0) is 14.2. The summed E-state index contributed by atoms with van der Waals surface area (Å²) in [5.41, 5.74) is -1.77. The van der Waals surface area contributed by atoms with Crippen LogP contribution in [0.15, 0.2) is 35.3 Å². The van der Waals surface area contributed by atoms with E-state index in [0.717, 1.165) is 22.8 Å². The lowest BCUT2D eigenvalue weighted by Crippen LogP contribution is -2.24. The highest BCUT2D eigenvalue weighted by Gasteiger charge is 2.19. The van der Waals surface area contributed by atoms with Gasteiger partial charge in [-0.25, -0.2) is 13.6 Å². The first-order chi connectivity index (χ1) is 8.91. The molecule has 0 unspecified atom stereocenters. The normalized spacial score (nSPS) is 10.5. The van der Waals surface area contributed by atoms with Crippen molar-refractivity contribution < 1.29 is 18.7 Å². The lowest BCUT2D eigenvalue weighted by molar-refractivity contribution is 0.0695. The van der Waals surface area contributed by atoms with Crippen molar-refractivity contribution in [2.45, 2.75) is 0 Å². The SMILES string of the molecule is Cn1ccc(-c2cc(F)ccc2F)c(C(=O)O)c1=O. The quantitative estimate of drug-likeness (QED) is 0.903. The summed E-state index contributed by atoms with van der Waals surface area (Å²) in [6.07, 6.45) is 1.30. The van der Waals surface area contributed by atoms with E-state index >= 15 is 0 Å². The molecule has 6 heteroatoms. The third-order valence-electron chi connectivity index (χ3n) is 2.70. The van der Waals surface area contributed by atoms with Gasteiger partial charge in [-0.2, -0.15) is 0 Å². The van der Waals surface area contributed by atoms with Crippen molar-refractivity contribution in [1.82, 2.24) is 4.57 Å². The third kappa shape index (κ3) is 2.24. The Morgan fingerprint density at radius 1 is 1.21 bits per heavy atom. The lowest BCUT2D eigenvalue weighted by atomic mass is 10.0. The molecule has 2 rings (SSSR count). The van der Waals surface area contributed by atoms with E-state index in [-0.39, 0.29) is 11.1 Å². The minimum Gasteiger partial charge on any atom is -0.477 e. The van der Waals surface area contributed by atoms with Gasteiger partial charge >= 0.3 is 5.97 Å². The molecular formula is C13H9F2NO3. The molecule has 0 amide bonds. The van der Waals surface area contributed by atoms with Gasteiger partial charge in [0.1, 0.15) is 17.2 Å². The van der Waals surface area contributed by atoms with Gasteiger partial charge in [0.15, 0.2) is 0 Å². The topological polar surface area (TPSA) is 59.3 Å². The van der Waals surface area contributed by atoms with Gasteiger partial charge in [-0.3, -0.25) is 4.79 Å². The number of benzene rings is 1. The molecule has 2 aromatic rings. The first-order valence-electron chi connectivity index (χ1n) is 5.30. The number of nitrogens with zero attached hydrogens (tertiary/aromatic N) is 1. The second-order valence-electron chi connectivity index (χ2n) is 3.95. The third-order valence-corrected chi connectivity index (χ3v) is 2.70. The van der Waals surface area contributed by atoms with Gasteiger partial charge in [-0.15, -0.1) is 0 Å². The Labute approximate surface area is 106 Å². The minimum absolute atomic E-state index is 0.146. The molecule has 1 N–H and O–H groups in total. The fourth-order valence-electron chi connectivity index (χ4n) is 1.76. The van der Waals surface area contributed by atoms with E-state index in [9.17, 15) is 18.4 Å². The van der Waals surface area contributed by atoms with Crippen LogP contribution in [0.5, 0.6) is 0 Å². The Morgan fingerprint density at radius 2 is 1.89 bits per heavy atom. The van der Waals surface area contributed by atoms with E-state index in [1.54, 1.807) is 0 Å². The summed E-state index contributed by atoms with van der Waals surface area (Å²) in [7, 11) is 1.38. The maximum absolute atomic E-state index is 13.7. The monoisotopic (exact) mass is 265 g/mol. The first kappa shape index (κ1) is 12.9. The fraction of sp³-hybridized carbons (Fsp3) is 0.0769. The van der Waals surface area contributed by atoms with E-state index in [2.05, 4.69) is 0 Å². The molecule has 0 saturated heterocycles. The molecule has 19 heavy (non-hydrogen) atoms. The Balaban J connectivity index is 2.83. The highest BCUT2D eigenvalue weighted by Crippen LogP contribution is 2.25. The summed E-state index contributed by atoms with van der Waals surface area (Å²) >= 11 is 0. The van der Waals surface area contributed by atoms with Crippen LogP contribution in [0.2, 0.25) is 0 Å². The molecule has 0 spiro atoms. The molecule has 0 saturated carbocycles. The molecule has 0 radical (unpaired) electrons. The summed E-state index contributed by atoms with van der Waals surface area (Å²) < 4.78 is 27.9. The van der Waals surface area contributed by atoms with Crippen molar-refractivity contribution in [2.24, 2.45) is 7.05 Å². The smallest absolute Gasteiger partial charge is 0.341 e. The molecule has 0 bridgehead atoms. The van der Waals surface area contributed by atoms with Crippen LogP contribution in [0.1, 0.15) is 10.4 Å². The van der Waals surface area contributed by atoms with Crippen LogP contribution in [0.3, 0.4) is 0 Å². The van der Waals surface area contributed by atoms with Gasteiger partial charge in [0.25, 0.3) is 5.56 Å². The van der Waals surface area contributed by atoms with Crippen LogP contribution in [0, 0.1) is 11.6 Å². The molecule has 0 fully saturated rings. The number of pyridine rings is 1. The molecular weight excluding hydrogens is 256 g/mol. The number of carboxylic acid groups (broad SMARTS) is 1. The van der Waals surface area contributed by atoms with Crippen molar-refractivity contribution >= 4 is 5.97 Å². The van der Waals surface area contributed by atoms with Gasteiger partial charge in [-0.1, -0.05) is 0 Å². The van der Waals surface area contributed by atoms with Crippen molar-refractivity contribution in [3.8, 4) is 11.1 Å². The largest absolute Gasteiger partial charge is 0.477 e. The number of rotatable bonds is 2. The van der Waals surface area contributed by atoms with Crippen molar-refractivity contribution in [3.63, 3.8) is 0 Å². The van der Waals surface area contributed by atoms with Gasteiger partial charge in [0.05, 0.1) is 0 Å². The second-order valence-corrected chi connectivity index (χ2v) is 3.95. The zero-order valence-electron chi connectivity index (χ0n) is 9.85. The molecule has 4 nitrogen and oxygen atoms in total. The number of carbonyl (C=O) groups is 1. The van der Waals surface area contributed by atoms with Crippen LogP contribution in [-0.2, 0) is 7.05 Å². The number of hydrogen-bond acceptors (Lipinski definition) is 2. The predicted molar refractivity (Wildman–Crippen MR) is 64.0 cm³/mol. The predicted octanol–water partition coefficient (Wildman–Crippen LogP) is 2.03. The fourth-order valence-corrected chi connectivity index (χ4v) is 1.76. The average Bonchev–Trinajstić information content (AvgIpc) is 2.35. The first-order valence-corrected chi connectivity index (χ1v) is 5.30. The Morgan fingerprint density at radius 3 is 2.53 bits per heavy atom. The molecule has 1 aromatic heterocycles. The van der Waals surface area contributed by atoms with Crippen LogP contribution in [0.4, 0.5) is 8.78 Å². The number of halogens is 2. The minimum atomic E-state index is -1.49. The average molecular weight is 265 g/mol. The maximum atomic E-state index is 13.7. The standard InChI is InChI=1S/C13H9F2NO3/c1-16-5-4-8(11(12(16)17)13(18)19)9-6-7(14)2-3-10(9)15/h2-6H,1H3,(H,18,19). The maximum Gasteiger partial charge on any atom is 0.341 e. The van der Waals surface area contributed by atoms with Crippen molar-refractivity contribution in [1.29, 1.82) is 0 Å². The Bertz CT molecular complexity index is 722. The number of aromatic nitrogens is 1. The molecule has 1 aromatic carbocycles. The van der Waals surface area contributed by atoms with Crippen LogP contribution in [-0.4, -0.2) is 15.6 Å². The lowest BCUT2D eigenvalue weighted by Gasteiger charge is -2.08. The van der Waals surface area contributed by atoms with Gasteiger partial charge in [0.2, 0.25) is 0 Å². The molecule has 1 heterocycles. The van der Waals surface area contributed by atoms with E-state index in [0.29, 0.717) is 0 Å². The summed E-state index contributed by atoms with van der Waals surface area (Å²) in [6, 6.07) is 3.92. The summed E-state index contributed by atoms with van der Waals surface area (Å²) in [5, 5.41) is 9.06. The van der Waals surface area contributed by atoms with Crippen LogP contribution < -0.4 is 5.56 Å². The highest BCUT2D eigenvalue weighted by atomic mass is 19.1. The summed E-state index contributed by atoms with van der Waals surface area (Å²) in [6.45, 7) is 0. The molecule has 0 aliphatic carbocycles. The Kier molecular flexibility index (Phi) is 3.16. The van der Waals surface area contributed by atoms with Gasteiger partial charge < -0.3 is 9.67 Å². The number of hydrogen-bond donors (Lipinski definition) is 1. The zero-order valence-corrected chi connectivity index (χ0v) is 9.85. The second kappa shape index (κ2) is 4.64. The van der Waals surface area contributed by atoms with E-state index in [4.69, 9.17) is 5.11 Å². The van der Waals surface area contributed by atoms with Crippen molar-refractivity contribution in [3.05, 3.63) is 58.0 Å². The summed E-state index contributed by atoms with van der Waals surface area (Å²) in [4.78, 5) is 22.9. The number of aromatic carboxylic acids is 1. The van der Waals surface area contributed by atoms with Crippen LogP contribution in [0.25, 0.3) is 11.1 Å². The van der Waals surface area contributed by atoms with Gasteiger partial charge in [-0.05, 0) is 24.3 Å². The van der Waals surface area contributed by atoms with E-state index in [1.165, 1.54) is 19.3 Å². The molecule has 98 valence electrons. The number of aryl methyl sites for hydroxylation is 1. The van der Waals surface area contributed by atoms with Crippen LogP contribution >= 0.6 is 0 Å². The molecule has 0 aliphatic rings. The number of carboxylic acids is 1. The molecule has 0 aliphatic heterocycles. The van der Waals surface area contributed by atoms with E-state index in [1.807, 2.05) is 0 Å². The highest BCUT2D eigenvalue weighted by molar-refractivity contribution is 5.95. The van der Waals surface area contributed by atoms with Crippen molar-refractivity contribution in [2.75, 3.05) is 0 Å². The van der Waals surface area contributed by atoms with Gasteiger partial charge in [0, 0.05) is 24.4 Å². The molecule has 0 atom stereocenters.